The highest BCUT2D eigenvalue weighted by molar-refractivity contribution is 5.97. The van der Waals surface area contributed by atoms with E-state index in [4.69, 9.17) is 0 Å². The van der Waals surface area contributed by atoms with Crippen LogP contribution in [-0.2, 0) is 14.4 Å². The first-order chi connectivity index (χ1) is 16.0. The zero-order valence-corrected chi connectivity index (χ0v) is 18.4. The lowest BCUT2D eigenvalue weighted by molar-refractivity contribution is -0.145. The van der Waals surface area contributed by atoms with E-state index in [0.717, 1.165) is 18.8 Å². The highest BCUT2D eigenvalue weighted by Crippen LogP contribution is 2.18. The third-order valence-corrected chi connectivity index (χ3v) is 6.01. The van der Waals surface area contributed by atoms with E-state index in [2.05, 4.69) is 20.4 Å². The van der Waals surface area contributed by atoms with E-state index < -0.39 is 6.04 Å². The number of carbonyl (C=O) groups excluding carboxylic acids is 3. The van der Waals surface area contributed by atoms with Gasteiger partial charge in [-0.2, -0.15) is 0 Å². The Bertz CT molecular complexity index is 977. The molecule has 9 heteroatoms. The molecule has 2 aliphatic rings. The molecule has 2 saturated heterocycles. The predicted molar refractivity (Wildman–Crippen MR) is 123 cm³/mol. The number of nitrogens with one attached hydrogen (secondary N) is 2. The van der Waals surface area contributed by atoms with Gasteiger partial charge < -0.3 is 20.4 Å². The first-order valence-corrected chi connectivity index (χ1v) is 11.1. The summed E-state index contributed by atoms with van der Waals surface area (Å²) in [6, 6.07) is 14.6. The standard InChI is InChI=1S/C24H28FN5O3/c25-18-6-8-20(9-7-18)29-14-12-28(13-15-29)17-23(32)30-11-10-26-24(33)21(30)16-22(31)27-19-4-2-1-3-5-19/h1-9,21H,10-17H2,(H,26,33)(H,27,31)/t21-/m0/s1. The van der Waals surface area contributed by atoms with Crippen LogP contribution < -0.4 is 15.5 Å². The van der Waals surface area contributed by atoms with Crippen molar-refractivity contribution in [2.24, 2.45) is 0 Å². The second kappa shape index (κ2) is 10.4. The Kier molecular flexibility index (Phi) is 7.19. The van der Waals surface area contributed by atoms with Gasteiger partial charge in [-0.05, 0) is 36.4 Å². The molecule has 2 aromatic rings. The number of hydrogen-bond donors (Lipinski definition) is 2. The summed E-state index contributed by atoms with van der Waals surface area (Å²) < 4.78 is 13.2. The maximum absolute atomic E-state index is 13.2. The fourth-order valence-electron chi connectivity index (χ4n) is 4.22. The second-order valence-corrected chi connectivity index (χ2v) is 8.25. The monoisotopic (exact) mass is 453 g/mol. The maximum atomic E-state index is 13.2. The SMILES string of the molecule is O=C(C[C@H]1C(=O)NCCN1C(=O)CN1CCN(c2ccc(F)cc2)CC1)Nc1ccccc1. The van der Waals surface area contributed by atoms with Crippen LogP contribution in [0.15, 0.2) is 54.6 Å². The van der Waals surface area contributed by atoms with Crippen molar-refractivity contribution in [1.29, 1.82) is 0 Å². The van der Waals surface area contributed by atoms with Crippen LogP contribution in [-0.4, -0.2) is 79.4 Å². The van der Waals surface area contributed by atoms with E-state index in [1.165, 1.54) is 17.0 Å². The summed E-state index contributed by atoms with van der Waals surface area (Å²) in [5.74, 6) is -1.04. The van der Waals surface area contributed by atoms with Crippen molar-refractivity contribution in [2.45, 2.75) is 12.5 Å². The molecule has 0 spiro atoms. The lowest BCUT2D eigenvalue weighted by Gasteiger charge is -2.39. The molecular formula is C24H28FN5O3. The average Bonchev–Trinajstić information content (AvgIpc) is 2.82. The van der Waals surface area contributed by atoms with Crippen LogP contribution in [0.25, 0.3) is 0 Å². The van der Waals surface area contributed by atoms with Gasteiger partial charge in [0, 0.05) is 50.6 Å². The van der Waals surface area contributed by atoms with Crippen LogP contribution in [0.4, 0.5) is 15.8 Å². The molecule has 2 aliphatic heterocycles. The molecule has 3 amide bonds. The Morgan fingerprint density at radius 3 is 2.36 bits per heavy atom. The van der Waals surface area contributed by atoms with Crippen LogP contribution in [0.2, 0.25) is 0 Å². The van der Waals surface area contributed by atoms with Crippen molar-refractivity contribution in [3.63, 3.8) is 0 Å². The van der Waals surface area contributed by atoms with E-state index in [1.807, 2.05) is 18.2 Å². The minimum absolute atomic E-state index is 0.0924. The molecule has 174 valence electrons. The van der Waals surface area contributed by atoms with Gasteiger partial charge in [-0.1, -0.05) is 18.2 Å². The lowest BCUT2D eigenvalue weighted by atomic mass is 10.1. The molecule has 0 aliphatic carbocycles. The van der Waals surface area contributed by atoms with E-state index in [-0.39, 0.29) is 36.5 Å². The number of anilines is 2. The van der Waals surface area contributed by atoms with Gasteiger partial charge in [0.25, 0.3) is 0 Å². The van der Waals surface area contributed by atoms with Gasteiger partial charge in [-0.15, -0.1) is 0 Å². The molecule has 0 unspecified atom stereocenters. The molecule has 4 rings (SSSR count). The fourth-order valence-corrected chi connectivity index (χ4v) is 4.22. The molecule has 2 heterocycles. The number of piperazine rings is 2. The van der Waals surface area contributed by atoms with E-state index >= 15 is 0 Å². The number of carbonyl (C=O) groups is 3. The summed E-state index contributed by atoms with van der Waals surface area (Å²) >= 11 is 0. The summed E-state index contributed by atoms with van der Waals surface area (Å²) in [6.07, 6.45) is -0.0924. The van der Waals surface area contributed by atoms with Crippen LogP contribution in [0.5, 0.6) is 0 Å². The van der Waals surface area contributed by atoms with Crippen molar-refractivity contribution in [2.75, 3.05) is 56.0 Å². The number of benzene rings is 2. The van der Waals surface area contributed by atoms with Gasteiger partial charge in [-0.3, -0.25) is 19.3 Å². The number of amides is 3. The molecule has 0 aromatic heterocycles. The number of para-hydroxylation sites is 1. The molecule has 8 nitrogen and oxygen atoms in total. The molecule has 1 atom stereocenters. The van der Waals surface area contributed by atoms with Crippen molar-refractivity contribution in [1.82, 2.24) is 15.1 Å². The molecule has 2 N–H and O–H groups in total. The normalized spacial score (nSPS) is 19.2. The zero-order chi connectivity index (χ0) is 23.2. The van der Waals surface area contributed by atoms with E-state index in [9.17, 15) is 18.8 Å². The van der Waals surface area contributed by atoms with Gasteiger partial charge in [0.2, 0.25) is 17.7 Å². The Hall–Kier alpha value is -3.46. The van der Waals surface area contributed by atoms with Gasteiger partial charge >= 0.3 is 0 Å². The van der Waals surface area contributed by atoms with Gasteiger partial charge in [-0.25, -0.2) is 4.39 Å². The largest absolute Gasteiger partial charge is 0.369 e. The molecular weight excluding hydrogens is 425 g/mol. The average molecular weight is 454 g/mol. The Morgan fingerprint density at radius 2 is 1.67 bits per heavy atom. The number of halogens is 1. The molecule has 2 aromatic carbocycles. The highest BCUT2D eigenvalue weighted by atomic mass is 19.1. The second-order valence-electron chi connectivity index (χ2n) is 8.25. The highest BCUT2D eigenvalue weighted by Gasteiger charge is 2.35. The first kappa shape index (κ1) is 22.7. The van der Waals surface area contributed by atoms with Crippen LogP contribution in [0, 0.1) is 5.82 Å². The van der Waals surface area contributed by atoms with Gasteiger partial charge in [0.15, 0.2) is 0 Å². The van der Waals surface area contributed by atoms with Gasteiger partial charge in [0.05, 0.1) is 13.0 Å². The summed E-state index contributed by atoms with van der Waals surface area (Å²) in [5, 5.41) is 5.54. The third-order valence-electron chi connectivity index (χ3n) is 6.01. The quantitative estimate of drug-likeness (QED) is 0.689. The van der Waals surface area contributed by atoms with Gasteiger partial charge in [0.1, 0.15) is 11.9 Å². The number of hydrogen-bond acceptors (Lipinski definition) is 5. The zero-order valence-electron chi connectivity index (χ0n) is 18.4. The summed E-state index contributed by atoms with van der Waals surface area (Å²) in [4.78, 5) is 43.8. The Labute approximate surface area is 192 Å². The molecule has 0 bridgehead atoms. The molecule has 2 fully saturated rings. The molecule has 33 heavy (non-hydrogen) atoms. The first-order valence-electron chi connectivity index (χ1n) is 11.1. The predicted octanol–water partition coefficient (Wildman–Crippen LogP) is 1.30. The fraction of sp³-hybridized carbons (Fsp3) is 0.375. The maximum Gasteiger partial charge on any atom is 0.243 e. The van der Waals surface area contributed by atoms with Crippen LogP contribution in [0.1, 0.15) is 6.42 Å². The molecule has 0 saturated carbocycles. The molecule has 0 radical (unpaired) electrons. The number of nitrogens with zero attached hydrogens (tertiary/aromatic N) is 3. The van der Waals surface area contributed by atoms with Crippen molar-refractivity contribution < 1.29 is 18.8 Å². The van der Waals surface area contributed by atoms with E-state index in [1.54, 1.807) is 24.3 Å². The smallest absolute Gasteiger partial charge is 0.243 e. The van der Waals surface area contributed by atoms with Crippen LogP contribution in [0.3, 0.4) is 0 Å². The minimum atomic E-state index is -0.824. The van der Waals surface area contributed by atoms with Crippen molar-refractivity contribution in [3.8, 4) is 0 Å². The topological polar surface area (TPSA) is 85.0 Å². The lowest BCUT2D eigenvalue weighted by Crippen LogP contribution is -2.60. The van der Waals surface area contributed by atoms with Crippen molar-refractivity contribution in [3.05, 3.63) is 60.4 Å². The Morgan fingerprint density at radius 1 is 0.970 bits per heavy atom. The summed E-state index contributed by atoms with van der Waals surface area (Å²) in [5.41, 5.74) is 1.61. The summed E-state index contributed by atoms with van der Waals surface area (Å²) in [6.45, 7) is 3.76. The third kappa shape index (κ3) is 5.87. The van der Waals surface area contributed by atoms with Crippen LogP contribution >= 0.6 is 0 Å². The summed E-state index contributed by atoms with van der Waals surface area (Å²) in [7, 11) is 0. The van der Waals surface area contributed by atoms with E-state index in [0.29, 0.717) is 31.9 Å². The van der Waals surface area contributed by atoms with Crippen molar-refractivity contribution >= 4 is 29.1 Å². The Balaban J connectivity index is 1.31. The number of rotatable bonds is 6. The minimum Gasteiger partial charge on any atom is -0.369 e.